The highest BCUT2D eigenvalue weighted by atomic mass is 79.9. The largest absolute Gasteiger partial charge is 0.0616 e. The summed E-state index contributed by atoms with van der Waals surface area (Å²) in [6.45, 7) is 2.15. The van der Waals surface area contributed by atoms with Crippen LogP contribution in [0.1, 0.15) is 5.56 Å². The summed E-state index contributed by atoms with van der Waals surface area (Å²) in [5.74, 6) is 0. The topological polar surface area (TPSA) is 0 Å². The summed E-state index contributed by atoms with van der Waals surface area (Å²) in [5, 5.41) is 7.96. The van der Waals surface area contributed by atoms with Crippen molar-refractivity contribution < 1.29 is 0 Å². The third-order valence-electron chi connectivity index (χ3n) is 3.95. The highest BCUT2D eigenvalue weighted by molar-refractivity contribution is 9.10. The van der Waals surface area contributed by atoms with E-state index in [4.69, 9.17) is 0 Å². The predicted octanol–water partition coefficient (Wildman–Crippen LogP) is 6.22. The lowest BCUT2D eigenvalue weighted by molar-refractivity contribution is 1.51. The Hall–Kier alpha value is -1.86. The first-order valence-electron chi connectivity index (χ1n) is 6.74. The molecule has 96 valence electrons. The van der Waals surface area contributed by atoms with Crippen molar-refractivity contribution in [2.45, 2.75) is 6.92 Å². The first-order chi connectivity index (χ1) is 9.74. The predicted molar refractivity (Wildman–Crippen MR) is 91.4 cm³/mol. The van der Waals surface area contributed by atoms with Crippen LogP contribution in [0.2, 0.25) is 0 Å². The minimum Gasteiger partial charge on any atom is -0.0616 e. The molecule has 0 amide bonds. The standard InChI is InChI=1S/C19H13Br/c1-12-6-8-16-14-4-2-3-5-15(14)19-11-13(20)7-9-17(19)18(16)10-12/h2-11H,1H3. The van der Waals surface area contributed by atoms with E-state index in [0.29, 0.717) is 0 Å². The Morgan fingerprint density at radius 2 is 1.15 bits per heavy atom. The summed E-state index contributed by atoms with van der Waals surface area (Å²) >= 11 is 3.60. The van der Waals surface area contributed by atoms with Gasteiger partial charge in [0.1, 0.15) is 0 Å². The Balaban J connectivity index is 2.40. The fraction of sp³-hybridized carbons (Fsp3) is 0.0526. The molecule has 0 bridgehead atoms. The lowest BCUT2D eigenvalue weighted by atomic mass is 9.93. The second-order valence-electron chi connectivity index (χ2n) is 5.28. The van der Waals surface area contributed by atoms with Crippen LogP contribution in [0, 0.1) is 6.92 Å². The molecule has 4 aromatic carbocycles. The highest BCUT2D eigenvalue weighted by Crippen LogP contribution is 2.36. The molecule has 0 aliphatic heterocycles. The number of benzene rings is 4. The second kappa shape index (κ2) is 4.32. The number of hydrogen-bond acceptors (Lipinski definition) is 0. The normalized spacial score (nSPS) is 11.5. The highest BCUT2D eigenvalue weighted by Gasteiger charge is 2.08. The van der Waals surface area contributed by atoms with Crippen LogP contribution in [0.25, 0.3) is 32.3 Å². The molecule has 4 aromatic rings. The third-order valence-corrected chi connectivity index (χ3v) is 4.45. The molecular weight excluding hydrogens is 308 g/mol. The zero-order chi connectivity index (χ0) is 13.7. The molecule has 0 nitrogen and oxygen atoms in total. The van der Waals surface area contributed by atoms with Gasteiger partial charge < -0.3 is 0 Å². The zero-order valence-corrected chi connectivity index (χ0v) is 12.7. The van der Waals surface area contributed by atoms with Crippen LogP contribution in [0.4, 0.5) is 0 Å². The van der Waals surface area contributed by atoms with Gasteiger partial charge in [-0.2, -0.15) is 0 Å². The lowest BCUT2D eigenvalue weighted by Crippen LogP contribution is -1.84. The van der Waals surface area contributed by atoms with Crippen LogP contribution >= 0.6 is 15.9 Å². The Morgan fingerprint density at radius 3 is 1.95 bits per heavy atom. The van der Waals surface area contributed by atoms with E-state index in [1.165, 1.54) is 37.9 Å². The second-order valence-corrected chi connectivity index (χ2v) is 6.20. The molecule has 0 fully saturated rings. The summed E-state index contributed by atoms with van der Waals surface area (Å²) in [6, 6.07) is 21.9. The minimum absolute atomic E-state index is 1.13. The Morgan fingerprint density at radius 1 is 0.600 bits per heavy atom. The van der Waals surface area contributed by atoms with Crippen molar-refractivity contribution in [1.29, 1.82) is 0 Å². The van der Waals surface area contributed by atoms with E-state index >= 15 is 0 Å². The van der Waals surface area contributed by atoms with Gasteiger partial charge in [-0.3, -0.25) is 0 Å². The monoisotopic (exact) mass is 320 g/mol. The van der Waals surface area contributed by atoms with Gasteiger partial charge in [0.25, 0.3) is 0 Å². The lowest BCUT2D eigenvalue weighted by Gasteiger charge is -2.11. The van der Waals surface area contributed by atoms with Gasteiger partial charge >= 0.3 is 0 Å². The SMILES string of the molecule is Cc1ccc2c3ccccc3c3cc(Br)ccc3c2c1. The van der Waals surface area contributed by atoms with Crippen molar-refractivity contribution in [2.75, 3.05) is 0 Å². The van der Waals surface area contributed by atoms with Crippen LogP contribution in [-0.2, 0) is 0 Å². The Bertz CT molecular complexity index is 929. The van der Waals surface area contributed by atoms with Crippen LogP contribution in [0.15, 0.2) is 65.1 Å². The van der Waals surface area contributed by atoms with Crippen molar-refractivity contribution in [3.8, 4) is 0 Å². The van der Waals surface area contributed by atoms with E-state index in [1.54, 1.807) is 0 Å². The van der Waals surface area contributed by atoms with Crippen LogP contribution in [0.5, 0.6) is 0 Å². The van der Waals surface area contributed by atoms with Gasteiger partial charge in [-0.05, 0) is 51.4 Å². The summed E-state index contributed by atoms with van der Waals surface area (Å²) in [6.07, 6.45) is 0. The van der Waals surface area contributed by atoms with Crippen molar-refractivity contribution in [1.82, 2.24) is 0 Å². The average molecular weight is 321 g/mol. The maximum atomic E-state index is 3.60. The van der Waals surface area contributed by atoms with Crippen molar-refractivity contribution in [2.24, 2.45) is 0 Å². The molecule has 0 aliphatic carbocycles. The van der Waals surface area contributed by atoms with Crippen molar-refractivity contribution in [3.63, 3.8) is 0 Å². The maximum Gasteiger partial charge on any atom is 0.0181 e. The number of hydrogen-bond donors (Lipinski definition) is 0. The quantitative estimate of drug-likeness (QED) is 0.337. The molecule has 0 saturated heterocycles. The van der Waals surface area contributed by atoms with Gasteiger partial charge in [0.2, 0.25) is 0 Å². The molecule has 0 atom stereocenters. The molecule has 4 rings (SSSR count). The third kappa shape index (κ3) is 1.66. The van der Waals surface area contributed by atoms with E-state index in [0.717, 1.165) is 4.47 Å². The number of aryl methyl sites for hydroxylation is 1. The molecule has 1 heteroatoms. The van der Waals surface area contributed by atoms with Crippen LogP contribution in [0.3, 0.4) is 0 Å². The Kier molecular flexibility index (Phi) is 2.58. The zero-order valence-electron chi connectivity index (χ0n) is 11.2. The molecule has 0 aromatic heterocycles. The first kappa shape index (κ1) is 11.9. The number of rotatable bonds is 0. The molecule has 20 heavy (non-hydrogen) atoms. The molecular formula is C19H13Br. The summed E-state index contributed by atoms with van der Waals surface area (Å²) in [7, 11) is 0. The first-order valence-corrected chi connectivity index (χ1v) is 7.54. The van der Waals surface area contributed by atoms with Crippen LogP contribution < -0.4 is 0 Å². The fourth-order valence-electron chi connectivity index (χ4n) is 3.04. The number of halogens is 1. The smallest absolute Gasteiger partial charge is 0.0181 e. The summed E-state index contributed by atoms with van der Waals surface area (Å²) < 4.78 is 1.13. The van der Waals surface area contributed by atoms with E-state index < -0.39 is 0 Å². The molecule has 0 radical (unpaired) electrons. The van der Waals surface area contributed by atoms with Crippen molar-refractivity contribution in [3.05, 3.63) is 70.7 Å². The molecule has 0 saturated carbocycles. The maximum absolute atomic E-state index is 3.60. The van der Waals surface area contributed by atoms with Gasteiger partial charge in [-0.15, -0.1) is 0 Å². The van der Waals surface area contributed by atoms with E-state index in [-0.39, 0.29) is 0 Å². The molecule has 0 spiro atoms. The average Bonchev–Trinajstić information content (AvgIpc) is 2.47. The van der Waals surface area contributed by atoms with Crippen LogP contribution in [-0.4, -0.2) is 0 Å². The fourth-order valence-corrected chi connectivity index (χ4v) is 3.40. The Labute approximate surface area is 126 Å². The molecule has 0 N–H and O–H groups in total. The van der Waals surface area contributed by atoms with E-state index in [1.807, 2.05) is 0 Å². The molecule has 0 unspecified atom stereocenters. The summed E-state index contributed by atoms with van der Waals surface area (Å²) in [5.41, 5.74) is 1.30. The van der Waals surface area contributed by atoms with Gasteiger partial charge in [0.05, 0.1) is 0 Å². The molecule has 0 heterocycles. The van der Waals surface area contributed by atoms with Crippen molar-refractivity contribution >= 4 is 48.2 Å². The number of fused-ring (bicyclic) bond motifs is 6. The van der Waals surface area contributed by atoms with Gasteiger partial charge in [0.15, 0.2) is 0 Å². The molecule has 0 aliphatic rings. The minimum atomic E-state index is 1.13. The summed E-state index contributed by atoms with van der Waals surface area (Å²) in [4.78, 5) is 0. The van der Waals surface area contributed by atoms with Gasteiger partial charge in [0, 0.05) is 4.47 Å². The van der Waals surface area contributed by atoms with Gasteiger partial charge in [-0.1, -0.05) is 70.0 Å². The van der Waals surface area contributed by atoms with E-state index in [2.05, 4.69) is 83.5 Å². The van der Waals surface area contributed by atoms with Gasteiger partial charge in [-0.25, -0.2) is 0 Å². The van der Waals surface area contributed by atoms with E-state index in [9.17, 15) is 0 Å².